The Labute approximate surface area is 210 Å². The molecule has 4 aliphatic rings. The van der Waals surface area contributed by atoms with Crippen LogP contribution in [-0.2, 0) is 29.2 Å². The molecule has 11 heteroatoms. The molecule has 3 N–H and O–H groups in total. The Bertz CT molecular complexity index is 983. The highest BCUT2D eigenvalue weighted by Gasteiger charge is 2.63. The minimum absolute atomic E-state index is 0.0124. The van der Waals surface area contributed by atoms with Crippen molar-refractivity contribution in [1.82, 2.24) is 0 Å². The summed E-state index contributed by atoms with van der Waals surface area (Å²) in [5, 5.41) is 11.4. The van der Waals surface area contributed by atoms with Crippen LogP contribution in [0.5, 0.6) is 0 Å². The first kappa shape index (κ1) is 27.7. The molecule has 0 bridgehead atoms. The molecule has 0 amide bonds. The Morgan fingerprint density at radius 2 is 1.57 bits per heavy atom. The molecule has 0 aliphatic heterocycles. The van der Waals surface area contributed by atoms with Crippen molar-refractivity contribution in [2.24, 2.45) is 46.3 Å². The number of hydrogen-bond acceptors (Lipinski definition) is 7. The van der Waals surface area contributed by atoms with Gasteiger partial charge in [0.25, 0.3) is 0 Å². The minimum Gasteiger partial charge on any atom is -0.393 e. The van der Waals surface area contributed by atoms with E-state index in [9.17, 15) is 21.9 Å². The lowest BCUT2D eigenvalue weighted by Crippen LogP contribution is -2.58. The maximum Gasteiger partial charge on any atom is 0.397 e. The number of aliphatic hydroxyl groups is 1. The summed E-state index contributed by atoms with van der Waals surface area (Å²) >= 11 is 0. The van der Waals surface area contributed by atoms with Crippen molar-refractivity contribution < 1.29 is 39.4 Å². The summed E-state index contributed by atoms with van der Waals surface area (Å²) < 4.78 is 71.4. The summed E-state index contributed by atoms with van der Waals surface area (Å²) in [5.74, 6) is 2.11. The fourth-order valence-electron chi connectivity index (χ4n) is 9.19. The SMILES string of the molecule is C[C@H](CCCOS(=O)(=O)O)[C@H]1CC[C@H]2[C@@H]3[C@@H](O)C[C@@H]4C[C@H](OS(=O)(=O)O)CC[C@]4(C)[C@H]3CC[C@]12C. The average Bonchev–Trinajstić information content (AvgIpc) is 3.07. The molecular formula is C24H42O9S2. The van der Waals surface area contributed by atoms with Crippen LogP contribution in [0, 0.1) is 46.3 Å². The van der Waals surface area contributed by atoms with E-state index in [2.05, 4.69) is 25.0 Å². The molecule has 0 aromatic carbocycles. The predicted molar refractivity (Wildman–Crippen MR) is 129 cm³/mol. The van der Waals surface area contributed by atoms with Gasteiger partial charge in [-0.15, -0.1) is 0 Å². The molecule has 4 fully saturated rings. The van der Waals surface area contributed by atoms with Gasteiger partial charge in [0.05, 0.1) is 18.8 Å². The molecule has 204 valence electrons. The highest BCUT2D eigenvalue weighted by atomic mass is 32.3. The topological polar surface area (TPSA) is 147 Å². The van der Waals surface area contributed by atoms with Crippen molar-refractivity contribution in [3.05, 3.63) is 0 Å². The molecule has 35 heavy (non-hydrogen) atoms. The van der Waals surface area contributed by atoms with E-state index in [1.807, 2.05) is 0 Å². The summed E-state index contributed by atoms with van der Waals surface area (Å²) in [6, 6.07) is 0. The van der Waals surface area contributed by atoms with E-state index >= 15 is 0 Å². The quantitative estimate of drug-likeness (QED) is 0.307. The number of rotatable bonds is 8. The van der Waals surface area contributed by atoms with Gasteiger partial charge < -0.3 is 5.11 Å². The summed E-state index contributed by atoms with van der Waals surface area (Å²) in [6.07, 6.45) is 7.38. The molecule has 10 atom stereocenters. The summed E-state index contributed by atoms with van der Waals surface area (Å²) in [6.45, 7) is 6.91. The van der Waals surface area contributed by atoms with Gasteiger partial charge in [0.15, 0.2) is 0 Å². The normalized spacial score (nSPS) is 44.8. The Hall–Kier alpha value is -0.300. The fraction of sp³-hybridized carbons (Fsp3) is 1.00. The maximum atomic E-state index is 11.4. The van der Waals surface area contributed by atoms with Gasteiger partial charge in [0, 0.05) is 0 Å². The third kappa shape index (κ3) is 5.61. The Morgan fingerprint density at radius 1 is 0.914 bits per heavy atom. The summed E-state index contributed by atoms with van der Waals surface area (Å²) in [7, 11) is -8.88. The molecule has 0 aromatic rings. The largest absolute Gasteiger partial charge is 0.397 e. The zero-order valence-corrected chi connectivity index (χ0v) is 22.6. The molecule has 4 rings (SSSR count). The number of fused-ring (bicyclic) bond motifs is 5. The molecule has 4 aliphatic carbocycles. The van der Waals surface area contributed by atoms with Gasteiger partial charge in [-0.25, -0.2) is 8.37 Å². The van der Waals surface area contributed by atoms with Crippen LogP contribution in [-0.4, -0.2) is 49.9 Å². The second-order valence-electron chi connectivity index (χ2n) is 12.3. The first-order valence-corrected chi connectivity index (χ1v) is 15.8. The van der Waals surface area contributed by atoms with Crippen molar-refractivity contribution in [1.29, 1.82) is 0 Å². The Morgan fingerprint density at radius 3 is 2.23 bits per heavy atom. The minimum atomic E-state index is -4.48. The lowest BCUT2D eigenvalue weighted by Gasteiger charge is -2.62. The van der Waals surface area contributed by atoms with Crippen molar-refractivity contribution >= 4 is 20.8 Å². The van der Waals surface area contributed by atoms with Gasteiger partial charge in [-0.05, 0) is 111 Å². The first-order valence-electron chi connectivity index (χ1n) is 13.1. The Balaban J connectivity index is 1.44. The zero-order valence-electron chi connectivity index (χ0n) is 21.0. The number of aliphatic hydroxyl groups excluding tert-OH is 1. The van der Waals surface area contributed by atoms with E-state index in [1.165, 1.54) is 0 Å². The van der Waals surface area contributed by atoms with Crippen LogP contribution in [0.15, 0.2) is 0 Å². The van der Waals surface area contributed by atoms with E-state index in [-0.39, 0.29) is 29.3 Å². The third-order valence-electron chi connectivity index (χ3n) is 10.7. The van der Waals surface area contributed by atoms with Crippen LogP contribution in [0.1, 0.15) is 85.0 Å². The number of hydrogen-bond donors (Lipinski definition) is 3. The molecule has 0 unspecified atom stereocenters. The van der Waals surface area contributed by atoms with Crippen LogP contribution in [0.2, 0.25) is 0 Å². The summed E-state index contributed by atoms with van der Waals surface area (Å²) in [5.41, 5.74) is 0.154. The van der Waals surface area contributed by atoms with E-state index in [0.717, 1.165) is 38.5 Å². The molecular weight excluding hydrogens is 496 g/mol. The van der Waals surface area contributed by atoms with Crippen molar-refractivity contribution in [3.8, 4) is 0 Å². The van der Waals surface area contributed by atoms with Crippen molar-refractivity contribution in [3.63, 3.8) is 0 Å². The van der Waals surface area contributed by atoms with Crippen LogP contribution in [0.4, 0.5) is 0 Å². The average molecular weight is 539 g/mol. The van der Waals surface area contributed by atoms with E-state index < -0.39 is 33.0 Å². The lowest BCUT2D eigenvalue weighted by molar-refractivity contribution is -0.172. The fourth-order valence-corrected chi connectivity index (χ4v) is 10.0. The molecule has 0 aromatic heterocycles. The van der Waals surface area contributed by atoms with Gasteiger partial charge >= 0.3 is 20.8 Å². The second-order valence-corrected chi connectivity index (χ2v) is 14.5. The van der Waals surface area contributed by atoms with Gasteiger partial charge in [0.2, 0.25) is 0 Å². The molecule has 0 radical (unpaired) electrons. The molecule has 4 saturated carbocycles. The third-order valence-corrected chi connectivity index (χ3v) is 11.7. The standard InChI is InChI=1S/C24H42O9S2/c1-15(5-4-12-32-34(26,27)28)18-6-7-19-22-20(9-11-24(18,19)3)23(2)10-8-17(33-35(29,30)31)13-16(23)14-21(22)25/h15-22,25H,4-14H2,1-3H3,(H,26,27,28)(H,29,30,31)/t15-,16+,17-,18-,19+,20+,21+,22+,23+,24-/m1/s1. The molecule has 9 nitrogen and oxygen atoms in total. The second kappa shape index (κ2) is 9.78. The highest BCUT2D eigenvalue weighted by molar-refractivity contribution is 7.81. The van der Waals surface area contributed by atoms with Crippen molar-refractivity contribution in [2.75, 3.05) is 6.61 Å². The van der Waals surface area contributed by atoms with Crippen LogP contribution in [0.3, 0.4) is 0 Å². The van der Waals surface area contributed by atoms with Gasteiger partial charge in [-0.2, -0.15) is 16.8 Å². The van der Waals surface area contributed by atoms with Gasteiger partial charge in [0.1, 0.15) is 0 Å². The molecule has 0 spiro atoms. The lowest BCUT2D eigenvalue weighted by atomic mass is 9.43. The monoisotopic (exact) mass is 538 g/mol. The summed E-state index contributed by atoms with van der Waals surface area (Å²) in [4.78, 5) is 0. The zero-order chi connectivity index (χ0) is 25.8. The van der Waals surface area contributed by atoms with Gasteiger partial charge in [-0.1, -0.05) is 20.8 Å². The molecule has 0 saturated heterocycles. The van der Waals surface area contributed by atoms with E-state index in [4.69, 9.17) is 13.3 Å². The van der Waals surface area contributed by atoms with Crippen LogP contribution in [0.25, 0.3) is 0 Å². The maximum absolute atomic E-state index is 11.4. The molecule has 0 heterocycles. The van der Waals surface area contributed by atoms with E-state index in [1.54, 1.807) is 0 Å². The predicted octanol–water partition coefficient (Wildman–Crippen LogP) is 4.04. The smallest absolute Gasteiger partial charge is 0.393 e. The van der Waals surface area contributed by atoms with E-state index in [0.29, 0.717) is 49.4 Å². The first-order chi connectivity index (χ1) is 16.1. The highest BCUT2D eigenvalue weighted by Crippen LogP contribution is 2.68. The Kier molecular flexibility index (Phi) is 7.75. The van der Waals surface area contributed by atoms with Crippen molar-refractivity contribution in [2.45, 2.75) is 97.2 Å². The van der Waals surface area contributed by atoms with Crippen LogP contribution < -0.4 is 0 Å². The van der Waals surface area contributed by atoms with Crippen LogP contribution >= 0.6 is 0 Å². The van der Waals surface area contributed by atoms with Gasteiger partial charge in [-0.3, -0.25) is 9.11 Å².